The summed E-state index contributed by atoms with van der Waals surface area (Å²) >= 11 is 0. The Balaban J connectivity index is 0.000000500. The summed E-state index contributed by atoms with van der Waals surface area (Å²) in [6, 6.07) is 0. The standard InChI is InChI=1S/C5H3N4/c1-4-5(8-2-6-1)9-3-7-4/h1-2H,(H,6,7,8,9)/p+1. The van der Waals surface area contributed by atoms with Gasteiger partial charge in [-0.3, -0.25) is 0 Å². The Hall–Kier alpha value is -1.45. The third-order valence-corrected chi connectivity index (χ3v) is 1.04. The Bertz CT molecular complexity index is 288. The largest absolute Gasteiger partial charge is 1.00 e. The summed E-state index contributed by atoms with van der Waals surface area (Å²) in [5.41, 5.74) is 1.47. The second-order valence-corrected chi connectivity index (χ2v) is 1.61. The van der Waals surface area contributed by atoms with E-state index in [1.807, 2.05) is 0 Å². The molecule has 0 atom stereocenters. The summed E-state index contributed by atoms with van der Waals surface area (Å²) in [5, 5.41) is 0. The molecule has 0 unspecified atom stereocenters. The molecule has 0 saturated carbocycles. The van der Waals surface area contributed by atoms with Crippen LogP contribution in [0.15, 0.2) is 12.5 Å². The van der Waals surface area contributed by atoms with Crippen molar-refractivity contribution in [1.29, 1.82) is 0 Å². The van der Waals surface area contributed by atoms with Gasteiger partial charge in [0, 0.05) is 0 Å². The molecule has 0 spiro atoms. The number of H-pyrrole nitrogens is 1. The fourth-order valence-electron chi connectivity index (χ4n) is 0.642. The summed E-state index contributed by atoms with van der Waals surface area (Å²) in [5.74, 6) is 0. The van der Waals surface area contributed by atoms with Crippen molar-refractivity contribution >= 4 is 11.2 Å². The SMILES string of the molecule is [H+].[c]1nc2ncncc2[nH]1. The van der Waals surface area contributed by atoms with Gasteiger partial charge in [0.1, 0.15) is 11.8 Å². The second kappa shape index (κ2) is 1.51. The lowest BCUT2D eigenvalue weighted by atomic mass is 10.6. The minimum absolute atomic E-state index is 0. The van der Waals surface area contributed by atoms with E-state index in [2.05, 4.69) is 26.3 Å². The predicted molar refractivity (Wildman–Crippen MR) is 31.6 cm³/mol. The number of imidazole rings is 1. The van der Waals surface area contributed by atoms with Gasteiger partial charge in [-0.15, -0.1) is 0 Å². The molecule has 2 rings (SSSR count). The number of rotatable bonds is 0. The number of nitrogens with one attached hydrogen (secondary N) is 1. The Kier molecular flexibility index (Phi) is 0.745. The number of aromatic nitrogens is 4. The van der Waals surface area contributed by atoms with Crippen molar-refractivity contribution in [1.82, 2.24) is 19.9 Å². The Morgan fingerprint density at radius 1 is 1.67 bits per heavy atom. The molecule has 4 heteroatoms. The van der Waals surface area contributed by atoms with E-state index in [1.165, 1.54) is 6.33 Å². The minimum atomic E-state index is 0. The molecule has 0 saturated heterocycles. The van der Waals surface area contributed by atoms with Crippen LogP contribution < -0.4 is 0 Å². The Morgan fingerprint density at radius 2 is 2.67 bits per heavy atom. The quantitative estimate of drug-likeness (QED) is 0.542. The van der Waals surface area contributed by atoms with Crippen LogP contribution in [-0.2, 0) is 0 Å². The fourth-order valence-corrected chi connectivity index (χ4v) is 0.642. The zero-order valence-corrected chi connectivity index (χ0v) is 4.50. The first-order valence-electron chi connectivity index (χ1n) is 2.48. The maximum absolute atomic E-state index is 3.86. The minimum Gasteiger partial charge on any atom is -0.333 e. The summed E-state index contributed by atoms with van der Waals surface area (Å²) in [6.45, 7) is 0. The maximum Gasteiger partial charge on any atom is 1.00 e. The molecule has 2 aromatic rings. The van der Waals surface area contributed by atoms with Crippen LogP contribution in [0.1, 0.15) is 1.43 Å². The first-order chi connectivity index (χ1) is 4.47. The molecule has 9 heavy (non-hydrogen) atoms. The van der Waals surface area contributed by atoms with Crippen LogP contribution in [0.25, 0.3) is 11.2 Å². The second-order valence-electron chi connectivity index (χ2n) is 1.61. The zero-order valence-electron chi connectivity index (χ0n) is 5.50. The van der Waals surface area contributed by atoms with E-state index in [0.29, 0.717) is 5.65 Å². The predicted octanol–water partition coefficient (Wildman–Crippen LogP) is 0.266. The first-order valence-corrected chi connectivity index (χ1v) is 2.48. The summed E-state index contributed by atoms with van der Waals surface area (Å²) in [6.07, 6.45) is 5.67. The van der Waals surface area contributed by atoms with Gasteiger partial charge in [-0.2, -0.15) is 0 Å². The molecule has 2 aromatic heterocycles. The molecule has 0 aliphatic rings. The van der Waals surface area contributed by atoms with Crippen LogP contribution in [0.5, 0.6) is 0 Å². The lowest BCUT2D eigenvalue weighted by molar-refractivity contribution is 1.20. The van der Waals surface area contributed by atoms with Gasteiger partial charge in [-0.05, 0) is 0 Å². The molecule has 0 fully saturated rings. The van der Waals surface area contributed by atoms with Gasteiger partial charge in [-0.25, -0.2) is 15.0 Å². The lowest BCUT2D eigenvalue weighted by Crippen LogP contribution is -1.76. The van der Waals surface area contributed by atoms with Crippen molar-refractivity contribution < 1.29 is 1.43 Å². The third-order valence-electron chi connectivity index (χ3n) is 1.04. The molecule has 0 aliphatic heterocycles. The highest BCUT2D eigenvalue weighted by Gasteiger charge is 1.91. The van der Waals surface area contributed by atoms with Gasteiger partial charge in [0.05, 0.1) is 6.20 Å². The zero-order chi connectivity index (χ0) is 6.10. The number of aromatic amines is 1. The number of hydrogen-bond donors (Lipinski definition) is 1. The van der Waals surface area contributed by atoms with Gasteiger partial charge in [-0.1, -0.05) is 0 Å². The topological polar surface area (TPSA) is 54.5 Å². The van der Waals surface area contributed by atoms with Crippen molar-refractivity contribution in [2.24, 2.45) is 0 Å². The van der Waals surface area contributed by atoms with Crippen LogP contribution in [-0.4, -0.2) is 19.9 Å². The fraction of sp³-hybridized carbons (Fsp3) is 0. The molecular weight excluding hydrogens is 116 g/mol. The smallest absolute Gasteiger partial charge is 0.333 e. The van der Waals surface area contributed by atoms with Crippen molar-refractivity contribution in [3.05, 3.63) is 18.9 Å². The molecule has 0 aliphatic carbocycles. The highest BCUT2D eigenvalue weighted by molar-refractivity contribution is 5.67. The van der Waals surface area contributed by atoms with Crippen LogP contribution in [0.3, 0.4) is 0 Å². The number of hydrogen-bond acceptors (Lipinski definition) is 3. The highest BCUT2D eigenvalue weighted by atomic mass is 15.0. The van der Waals surface area contributed by atoms with Gasteiger partial charge in [0.25, 0.3) is 0 Å². The van der Waals surface area contributed by atoms with Crippen molar-refractivity contribution in [3.63, 3.8) is 0 Å². The van der Waals surface area contributed by atoms with Gasteiger partial charge < -0.3 is 4.98 Å². The average molecular weight is 120 g/mol. The van der Waals surface area contributed by atoms with Crippen molar-refractivity contribution in [2.45, 2.75) is 0 Å². The molecule has 0 aromatic carbocycles. The Labute approximate surface area is 52.5 Å². The first kappa shape index (κ1) is 4.43. The van der Waals surface area contributed by atoms with Crippen molar-refractivity contribution in [2.75, 3.05) is 0 Å². The van der Waals surface area contributed by atoms with Crippen LogP contribution in [0.4, 0.5) is 0 Å². The van der Waals surface area contributed by atoms with Crippen LogP contribution in [0.2, 0.25) is 0 Å². The van der Waals surface area contributed by atoms with E-state index >= 15 is 0 Å². The highest BCUT2D eigenvalue weighted by Crippen LogP contribution is 1.98. The molecule has 1 N–H and O–H groups in total. The van der Waals surface area contributed by atoms with Gasteiger partial charge >= 0.3 is 1.43 Å². The number of fused-ring (bicyclic) bond motifs is 1. The van der Waals surface area contributed by atoms with Crippen LogP contribution >= 0.6 is 0 Å². The van der Waals surface area contributed by atoms with Gasteiger partial charge in [0.2, 0.25) is 0 Å². The van der Waals surface area contributed by atoms with E-state index in [0.717, 1.165) is 5.52 Å². The average Bonchev–Trinajstić information content (AvgIpc) is 2.33. The molecule has 2 heterocycles. The molecule has 0 bridgehead atoms. The molecule has 1 radical (unpaired) electrons. The molecule has 4 nitrogen and oxygen atoms in total. The summed E-state index contributed by atoms with van der Waals surface area (Å²) in [7, 11) is 0. The van der Waals surface area contributed by atoms with Crippen molar-refractivity contribution in [3.8, 4) is 0 Å². The molecular formula is C5H4N4+. The normalized spacial score (nSPS) is 10.2. The van der Waals surface area contributed by atoms with E-state index in [-0.39, 0.29) is 1.43 Å². The monoisotopic (exact) mass is 120 g/mol. The maximum atomic E-state index is 3.86. The lowest BCUT2D eigenvalue weighted by Gasteiger charge is -1.80. The third kappa shape index (κ3) is 0.561. The van der Waals surface area contributed by atoms with Gasteiger partial charge in [0.15, 0.2) is 12.0 Å². The van der Waals surface area contributed by atoms with E-state index < -0.39 is 0 Å². The van der Waals surface area contributed by atoms with E-state index in [1.54, 1.807) is 6.20 Å². The van der Waals surface area contributed by atoms with Crippen LogP contribution in [0, 0.1) is 6.33 Å². The Morgan fingerprint density at radius 3 is 3.56 bits per heavy atom. The molecule has 0 amide bonds. The summed E-state index contributed by atoms with van der Waals surface area (Å²) in [4.78, 5) is 14.2. The van der Waals surface area contributed by atoms with E-state index in [9.17, 15) is 0 Å². The number of nitrogens with zero attached hydrogens (tertiary/aromatic N) is 3. The molecule has 43 valence electrons. The summed E-state index contributed by atoms with van der Waals surface area (Å²) < 4.78 is 0. The van der Waals surface area contributed by atoms with E-state index in [4.69, 9.17) is 0 Å².